The van der Waals surface area contributed by atoms with Crippen LogP contribution in [0.4, 0.5) is 0 Å². The Kier molecular flexibility index (Phi) is 4.07. The first-order valence-corrected chi connectivity index (χ1v) is 6.45. The lowest BCUT2D eigenvalue weighted by atomic mass is 10.1. The number of rotatable bonds is 5. The van der Waals surface area contributed by atoms with Crippen LogP contribution in [0.3, 0.4) is 0 Å². The van der Waals surface area contributed by atoms with E-state index in [9.17, 15) is 0 Å². The summed E-state index contributed by atoms with van der Waals surface area (Å²) in [5.41, 5.74) is 0.925. The minimum absolute atomic E-state index is 0.109. The number of para-hydroxylation sites is 1. The largest absolute Gasteiger partial charge is 0.459 e. The summed E-state index contributed by atoms with van der Waals surface area (Å²) in [4.78, 5) is 0. The second-order valence-corrected chi connectivity index (χ2v) is 4.58. The van der Waals surface area contributed by atoms with Crippen molar-refractivity contribution in [1.82, 2.24) is 5.32 Å². The number of terminal acetylenes is 1. The average molecular weight is 241 g/mol. The first-order valence-electron chi connectivity index (χ1n) is 6.45. The maximum Gasteiger partial charge on any atom is 0.134 e. The Morgan fingerprint density at radius 3 is 2.83 bits per heavy atom. The van der Waals surface area contributed by atoms with Crippen molar-refractivity contribution >= 4 is 11.0 Å². The molecular weight excluding hydrogens is 222 g/mol. The van der Waals surface area contributed by atoms with Gasteiger partial charge in [-0.3, -0.25) is 5.32 Å². The number of nitrogens with one attached hydrogen (secondary N) is 1. The van der Waals surface area contributed by atoms with Crippen molar-refractivity contribution in [2.75, 3.05) is 0 Å². The molecule has 0 amide bonds. The third-order valence-corrected chi connectivity index (χ3v) is 3.10. The molecule has 1 aromatic heterocycles. The molecule has 0 spiro atoms. The summed E-state index contributed by atoms with van der Waals surface area (Å²) in [6, 6.07) is 10.3. The summed E-state index contributed by atoms with van der Waals surface area (Å²) < 4.78 is 5.82. The highest BCUT2D eigenvalue weighted by molar-refractivity contribution is 5.77. The number of hydrogen-bond acceptors (Lipinski definition) is 2. The van der Waals surface area contributed by atoms with Gasteiger partial charge in [-0.05, 0) is 25.5 Å². The molecule has 0 fully saturated rings. The predicted octanol–water partition coefficient (Wildman–Crippen LogP) is 3.89. The molecule has 0 aliphatic rings. The van der Waals surface area contributed by atoms with E-state index in [-0.39, 0.29) is 12.1 Å². The van der Waals surface area contributed by atoms with E-state index < -0.39 is 0 Å². The summed E-state index contributed by atoms with van der Waals surface area (Å²) in [7, 11) is 0. The van der Waals surface area contributed by atoms with Gasteiger partial charge in [-0.15, -0.1) is 6.42 Å². The van der Waals surface area contributed by atoms with Crippen LogP contribution in [0.1, 0.15) is 38.5 Å². The Hall–Kier alpha value is -1.72. The number of fused-ring (bicyclic) bond motifs is 1. The highest BCUT2D eigenvalue weighted by atomic mass is 16.3. The summed E-state index contributed by atoms with van der Waals surface area (Å²) in [5, 5.41) is 4.55. The lowest BCUT2D eigenvalue weighted by Crippen LogP contribution is -2.29. The Morgan fingerprint density at radius 1 is 1.39 bits per heavy atom. The topological polar surface area (TPSA) is 25.2 Å². The molecular formula is C16H19NO. The second-order valence-electron chi connectivity index (χ2n) is 4.58. The van der Waals surface area contributed by atoms with Crippen molar-refractivity contribution in [2.24, 2.45) is 0 Å². The van der Waals surface area contributed by atoms with Gasteiger partial charge in [0, 0.05) is 5.39 Å². The molecule has 2 rings (SSSR count). The zero-order valence-electron chi connectivity index (χ0n) is 10.9. The zero-order chi connectivity index (χ0) is 13.0. The minimum atomic E-state index is 0.109. The molecule has 0 bridgehead atoms. The fourth-order valence-corrected chi connectivity index (χ4v) is 2.10. The van der Waals surface area contributed by atoms with Crippen LogP contribution in [0, 0.1) is 12.3 Å². The van der Waals surface area contributed by atoms with Crippen molar-refractivity contribution in [1.29, 1.82) is 0 Å². The predicted molar refractivity (Wildman–Crippen MR) is 75.3 cm³/mol. The van der Waals surface area contributed by atoms with Gasteiger partial charge >= 0.3 is 0 Å². The van der Waals surface area contributed by atoms with E-state index in [2.05, 4.69) is 37.2 Å². The van der Waals surface area contributed by atoms with Crippen LogP contribution < -0.4 is 5.32 Å². The maximum absolute atomic E-state index is 5.82. The van der Waals surface area contributed by atoms with E-state index in [0.29, 0.717) is 0 Å². The number of furan rings is 1. The molecule has 1 aromatic carbocycles. The van der Waals surface area contributed by atoms with Crippen LogP contribution in [0.2, 0.25) is 0 Å². The molecule has 0 saturated carbocycles. The molecule has 2 atom stereocenters. The smallest absolute Gasteiger partial charge is 0.134 e. The van der Waals surface area contributed by atoms with Crippen LogP contribution in [0.15, 0.2) is 34.7 Å². The molecule has 94 valence electrons. The van der Waals surface area contributed by atoms with E-state index in [4.69, 9.17) is 10.8 Å². The van der Waals surface area contributed by atoms with Crippen LogP contribution in [-0.2, 0) is 0 Å². The maximum atomic E-state index is 5.82. The summed E-state index contributed by atoms with van der Waals surface area (Å²) in [6.07, 6.45) is 7.58. The highest BCUT2D eigenvalue weighted by Crippen LogP contribution is 2.23. The van der Waals surface area contributed by atoms with E-state index in [1.807, 2.05) is 18.2 Å². The monoisotopic (exact) mass is 241 g/mol. The molecule has 0 aliphatic carbocycles. The summed E-state index contributed by atoms with van der Waals surface area (Å²) in [6.45, 7) is 4.22. The molecule has 0 radical (unpaired) electrons. The second kappa shape index (κ2) is 5.75. The van der Waals surface area contributed by atoms with Gasteiger partial charge in [0.05, 0.1) is 12.1 Å². The minimum Gasteiger partial charge on any atom is -0.459 e. The fourth-order valence-electron chi connectivity index (χ4n) is 2.10. The lowest BCUT2D eigenvalue weighted by molar-refractivity contribution is 0.421. The first-order chi connectivity index (χ1) is 8.74. The van der Waals surface area contributed by atoms with Gasteiger partial charge in [-0.1, -0.05) is 37.5 Å². The normalized spacial score (nSPS) is 14.3. The molecule has 2 nitrogen and oxygen atoms in total. The molecule has 2 unspecified atom stereocenters. The van der Waals surface area contributed by atoms with Gasteiger partial charge in [0.1, 0.15) is 11.3 Å². The van der Waals surface area contributed by atoms with Gasteiger partial charge in [-0.25, -0.2) is 0 Å². The van der Waals surface area contributed by atoms with Crippen molar-refractivity contribution < 1.29 is 4.42 Å². The highest BCUT2D eigenvalue weighted by Gasteiger charge is 2.14. The molecule has 2 heteroatoms. The van der Waals surface area contributed by atoms with Gasteiger partial charge in [0.2, 0.25) is 0 Å². The summed E-state index contributed by atoms with van der Waals surface area (Å²) >= 11 is 0. The fraction of sp³-hybridized carbons (Fsp3) is 0.375. The molecule has 2 aromatic rings. The van der Waals surface area contributed by atoms with Crippen LogP contribution in [0.25, 0.3) is 11.0 Å². The molecule has 0 aliphatic heterocycles. The number of hydrogen-bond donors (Lipinski definition) is 1. The SMILES string of the molecule is C#CC(CCC)NC(C)c1cc2ccccc2o1. The third kappa shape index (κ3) is 2.75. The number of benzene rings is 1. The van der Waals surface area contributed by atoms with Crippen molar-refractivity contribution in [3.8, 4) is 12.3 Å². The van der Waals surface area contributed by atoms with E-state index in [1.54, 1.807) is 0 Å². The molecule has 1 N–H and O–H groups in total. The molecule has 1 heterocycles. The Bertz CT molecular complexity index is 516. The third-order valence-electron chi connectivity index (χ3n) is 3.10. The summed E-state index contributed by atoms with van der Waals surface area (Å²) in [5.74, 6) is 3.72. The van der Waals surface area contributed by atoms with E-state index in [0.717, 1.165) is 29.6 Å². The van der Waals surface area contributed by atoms with Crippen molar-refractivity contribution in [2.45, 2.75) is 38.8 Å². The lowest BCUT2D eigenvalue weighted by Gasteiger charge is -2.16. The van der Waals surface area contributed by atoms with E-state index >= 15 is 0 Å². The van der Waals surface area contributed by atoms with Gasteiger partial charge in [-0.2, -0.15) is 0 Å². The Labute approximate surface area is 108 Å². The Morgan fingerprint density at radius 2 is 2.17 bits per heavy atom. The molecule has 18 heavy (non-hydrogen) atoms. The van der Waals surface area contributed by atoms with Crippen LogP contribution in [-0.4, -0.2) is 6.04 Å². The first kappa shape index (κ1) is 12.7. The van der Waals surface area contributed by atoms with Gasteiger partial charge in [0.15, 0.2) is 0 Å². The average Bonchev–Trinajstić information content (AvgIpc) is 2.82. The van der Waals surface area contributed by atoms with Crippen LogP contribution in [0.5, 0.6) is 0 Å². The van der Waals surface area contributed by atoms with Crippen LogP contribution >= 0.6 is 0 Å². The quantitative estimate of drug-likeness (QED) is 0.803. The van der Waals surface area contributed by atoms with E-state index in [1.165, 1.54) is 0 Å². The molecule has 0 saturated heterocycles. The standard InChI is InChI=1S/C16H19NO/c1-4-8-14(5-2)17-12(3)16-11-13-9-6-7-10-15(13)18-16/h2,6-7,9-12,14,17H,4,8H2,1,3H3. The van der Waals surface area contributed by atoms with Crippen molar-refractivity contribution in [3.05, 3.63) is 36.1 Å². The van der Waals surface area contributed by atoms with Gasteiger partial charge < -0.3 is 4.42 Å². The van der Waals surface area contributed by atoms with Gasteiger partial charge in [0.25, 0.3) is 0 Å². The Balaban J connectivity index is 2.13. The zero-order valence-corrected chi connectivity index (χ0v) is 10.9. The van der Waals surface area contributed by atoms with Crippen molar-refractivity contribution in [3.63, 3.8) is 0 Å².